The quantitative estimate of drug-likeness (QED) is 0.764. The summed E-state index contributed by atoms with van der Waals surface area (Å²) in [4.78, 5) is 2.93. The van der Waals surface area contributed by atoms with Gasteiger partial charge in [-0.1, -0.05) is 42.1 Å². The lowest BCUT2D eigenvalue weighted by Crippen LogP contribution is -2.85. The molecule has 0 bridgehead atoms. The normalized spacial score (nSPS) is 20.8. The number of rotatable bonds is 0. The topological polar surface area (TPSA) is 16.6 Å². The Morgan fingerprint density at radius 2 is 1.78 bits per heavy atom. The van der Waals surface area contributed by atoms with E-state index in [1.807, 2.05) is 11.8 Å². The van der Waals surface area contributed by atoms with Crippen molar-refractivity contribution in [1.29, 1.82) is 0 Å². The molecule has 0 fully saturated rings. The molecule has 2 N–H and O–H groups in total. The van der Waals surface area contributed by atoms with Gasteiger partial charge in [-0.25, -0.2) is 0 Å². The molecule has 18 heavy (non-hydrogen) atoms. The summed E-state index contributed by atoms with van der Waals surface area (Å²) in [7, 11) is 0. The van der Waals surface area contributed by atoms with Gasteiger partial charge in [0.15, 0.2) is 0 Å². The van der Waals surface area contributed by atoms with Crippen LogP contribution in [0.5, 0.6) is 0 Å². The molecule has 1 atom stereocenters. The first-order valence-electron chi connectivity index (χ1n) is 6.61. The maximum atomic E-state index is 2.45. The largest absolute Gasteiger partial charge is 0.342 e. The maximum absolute atomic E-state index is 2.45. The van der Waals surface area contributed by atoms with Crippen LogP contribution in [0, 0.1) is 0 Å². The lowest BCUT2D eigenvalue weighted by atomic mass is 9.86. The second kappa shape index (κ2) is 4.15. The molecular weight excluding hydrogens is 238 g/mol. The van der Waals surface area contributed by atoms with Crippen molar-refractivity contribution < 1.29 is 5.32 Å². The maximum Gasteiger partial charge on any atom is 0.102 e. The average molecular weight is 254 g/mol. The molecule has 0 saturated carbocycles. The Labute approximate surface area is 112 Å². The van der Waals surface area contributed by atoms with Gasteiger partial charge in [0.2, 0.25) is 0 Å². The lowest BCUT2D eigenvalue weighted by Gasteiger charge is -2.24. The Morgan fingerprint density at radius 1 is 0.944 bits per heavy atom. The summed E-state index contributed by atoms with van der Waals surface area (Å²) in [5, 5.41) is 2.45. The number of nitrogens with two attached hydrogens (primary N) is 1. The van der Waals surface area contributed by atoms with E-state index in [-0.39, 0.29) is 0 Å². The van der Waals surface area contributed by atoms with Gasteiger partial charge in [-0.05, 0) is 29.7 Å². The van der Waals surface area contributed by atoms with Crippen LogP contribution in [0.4, 0.5) is 0 Å². The molecule has 2 heteroatoms. The van der Waals surface area contributed by atoms with E-state index in [4.69, 9.17) is 0 Å². The van der Waals surface area contributed by atoms with Crippen molar-refractivity contribution in [2.24, 2.45) is 0 Å². The molecule has 0 aliphatic carbocycles. The molecule has 0 aromatic heterocycles. The summed E-state index contributed by atoms with van der Waals surface area (Å²) in [6.45, 7) is 2.38. The lowest BCUT2D eigenvalue weighted by molar-refractivity contribution is -0.676. The minimum absolute atomic E-state index is 0.695. The van der Waals surface area contributed by atoms with Crippen LogP contribution in [0.1, 0.15) is 22.6 Å². The van der Waals surface area contributed by atoms with Crippen LogP contribution in [0.2, 0.25) is 0 Å². The fourth-order valence-corrected chi connectivity index (χ4v) is 4.44. The number of hydrogen-bond acceptors (Lipinski definition) is 1. The van der Waals surface area contributed by atoms with E-state index in [1.54, 1.807) is 11.1 Å². The molecule has 90 valence electrons. The van der Waals surface area contributed by atoms with Gasteiger partial charge in [0.25, 0.3) is 0 Å². The van der Waals surface area contributed by atoms with Crippen LogP contribution in [0.3, 0.4) is 0 Å². The van der Waals surface area contributed by atoms with Crippen LogP contribution in [-0.4, -0.2) is 6.54 Å². The van der Waals surface area contributed by atoms with Crippen molar-refractivity contribution >= 4 is 11.8 Å². The number of quaternary nitrogens is 1. The number of benzene rings is 2. The average Bonchev–Trinajstić information content (AvgIpc) is 2.57. The van der Waals surface area contributed by atoms with Gasteiger partial charge < -0.3 is 5.32 Å². The first-order chi connectivity index (χ1) is 8.92. The Bertz CT molecular complexity index is 606. The molecule has 0 radical (unpaired) electrons. The molecule has 2 aromatic carbocycles. The highest BCUT2D eigenvalue weighted by molar-refractivity contribution is 7.99. The third-order valence-electron chi connectivity index (χ3n) is 4.04. The summed E-state index contributed by atoms with van der Waals surface area (Å²) < 4.78 is 0. The van der Waals surface area contributed by atoms with Crippen molar-refractivity contribution in [3.05, 3.63) is 59.2 Å². The van der Waals surface area contributed by atoms with E-state index in [1.165, 1.54) is 28.3 Å². The third-order valence-corrected chi connectivity index (χ3v) is 5.23. The SMILES string of the molecule is c1ccc2c(c1)C[C@@H]1C[NH2+]Cc3cccc(c31)S2. The Morgan fingerprint density at radius 3 is 2.78 bits per heavy atom. The molecule has 2 aliphatic rings. The van der Waals surface area contributed by atoms with Crippen molar-refractivity contribution in [2.75, 3.05) is 6.54 Å². The van der Waals surface area contributed by atoms with Crippen LogP contribution < -0.4 is 5.32 Å². The summed E-state index contributed by atoms with van der Waals surface area (Å²) >= 11 is 1.96. The van der Waals surface area contributed by atoms with Crippen molar-refractivity contribution in [1.82, 2.24) is 0 Å². The van der Waals surface area contributed by atoms with Crippen LogP contribution in [0.15, 0.2) is 52.3 Å². The van der Waals surface area contributed by atoms with Gasteiger partial charge in [0.1, 0.15) is 6.54 Å². The van der Waals surface area contributed by atoms with E-state index in [0.717, 1.165) is 6.54 Å². The summed E-state index contributed by atoms with van der Waals surface area (Å²) in [5.41, 5.74) is 4.69. The first kappa shape index (κ1) is 10.7. The predicted octanol–water partition coefficient (Wildman–Crippen LogP) is 2.55. The van der Waals surface area contributed by atoms with Crippen LogP contribution in [-0.2, 0) is 13.0 Å². The van der Waals surface area contributed by atoms with Gasteiger partial charge >= 0.3 is 0 Å². The summed E-state index contributed by atoms with van der Waals surface area (Å²) in [6.07, 6.45) is 1.20. The molecule has 0 unspecified atom stereocenters. The molecule has 0 saturated heterocycles. The van der Waals surface area contributed by atoms with Gasteiger partial charge in [-0.3, -0.25) is 0 Å². The van der Waals surface area contributed by atoms with Crippen LogP contribution in [0.25, 0.3) is 0 Å². The van der Waals surface area contributed by atoms with Crippen LogP contribution >= 0.6 is 11.8 Å². The molecule has 1 nitrogen and oxygen atoms in total. The van der Waals surface area contributed by atoms with E-state index < -0.39 is 0 Å². The summed E-state index contributed by atoms with van der Waals surface area (Å²) in [5.74, 6) is 0.695. The Balaban J connectivity index is 1.92. The highest BCUT2D eigenvalue weighted by Gasteiger charge is 2.29. The van der Waals surface area contributed by atoms with Crippen molar-refractivity contribution in [2.45, 2.75) is 28.7 Å². The van der Waals surface area contributed by atoms with Gasteiger partial charge in [0, 0.05) is 21.3 Å². The van der Waals surface area contributed by atoms with Gasteiger partial charge in [-0.15, -0.1) is 0 Å². The van der Waals surface area contributed by atoms with E-state index >= 15 is 0 Å². The molecule has 2 heterocycles. The number of fused-ring (bicyclic) bond motifs is 1. The molecule has 2 aromatic rings. The smallest absolute Gasteiger partial charge is 0.102 e. The van der Waals surface area contributed by atoms with E-state index in [2.05, 4.69) is 47.8 Å². The molecule has 0 spiro atoms. The van der Waals surface area contributed by atoms with E-state index in [9.17, 15) is 0 Å². The monoisotopic (exact) mass is 254 g/mol. The highest BCUT2D eigenvalue weighted by atomic mass is 32.2. The Hall–Kier alpha value is -1.25. The molecule has 0 amide bonds. The number of hydrogen-bond donors (Lipinski definition) is 1. The fourth-order valence-electron chi connectivity index (χ4n) is 3.22. The zero-order valence-corrected chi connectivity index (χ0v) is 11.0. The van der Waals surface area contributed by atoms with Gasteiger partial charge in [0.05, 0.1) is 6.54 Å². The molecule has 2 aliphatic heterocycles. The second-order valence-corrected chi connectivity index (χ2v) is 6.25. The third kappa shape index (κ3) is 1.60. The summed E-state index contributed by atoms with van der Waals surface area (Å²) in [6, 6.07) is 15.7. The minimum Gasteiger partial charge on any atom is -0.342 e. The Kier molecular flexibility index (Phi) is 2.45. The standard InChI is InChI=1S/C16H15NS/c1-2-6-14-11(4-1)8-13-10-17-9-12-5-3-7-15(18-14)16(12)13/h1-7,13,17H,8-10H2/p+1/t13-/m1/s1. The van der Waals surface area contributed by atoms with Gasteiger partial charge in [-0.2, -0.15) is 0 Å². The minimum atomic E-state index is 0.695. The first-order valence-corrected chi connectivity index (χ1v) is 7.42. The zero-order chi connectivity index (χ0) is 11.9. The van der Waals surface area contributed by atoms with Crippen molar-refractivity contribution in [3.8, 4) is 0 Å². The second-order valence-electron chi connectivity index (χ2n) is 5.17. The molecular formula is C16H16NS+. The predicted molar refractivity (Wildman–Crippen MR) is 73.9 cm³/mol. The molecule has 4 rings (SSSR count). The highest BCUT2D eigenvalue weighted by Crippen LogP contribution is 2.42. The zero-order valence-electron chi connectivity index (χ0n) is 10.2. The van der Waals surface area contributed by atoms with E-state index in [0.29, 0.717) is 5.92 Å². The van der Waals surface area contributed by atoms with Crippen molar-refractivity contribution in [3.63, 3.8) is 0 Å². The fraction of sp³-hybridized carbons (Fsp3) is 0.250.